The lowest BCUT2D eigenvalue weighted by atomic mass is 10.2. The van der Waals surface area contributed by atoms with Gasteiger partial charge in [0, 0.05) is 4.47 Å². The van der Waals surface area contributed by atoms with E-state index in [9.17, 15) is 22.5 Å². The fourth-order valence-electron chi connectivity index (χ4n) is 2.65. The van der Waals surface area contributed by atoms with Crippen molar-refractivity contribution in [2.75, 3.05) is 6.26 Å². The first-order valence-electron chi connectivity index (χ1n) is 8.62. The number of amidine groups is 1. The van der Waals surface area contributed by atoms with Gasteiger partial charge in [0.2, 0.25) is 0 Å². The zero-order valence-corrected chi connectivity index (χ0v) is 21.2. The fourth-order valence-corrected chi connectivity index (χ4v) is 9.78. The molecule has 3 aromatic rings. The van der Waals surface area contributed by atoms with Gasteiger partial charge in [0.15, 0.2) is 0 Å². The van der Waals surface area contributed by atoms with Gasteiger partial charge in [0.1, 0.15) is 15.6 Å². The number of carboxylic acid groups (broad SMARTS) is 1. The van der Waals surface area contributed by atoms with Crippen LogP contribution in [0.4, 0.5) is 0 Å². The number of sulfonamides is 1. The van der Waals surface area contributed by atoms with E-state index in [1.807, 2.05) is 0 Å². The summed E-state index contributed by atoms with van der Waals surface area (Å²) in [6.07, 6.45) is 1.73. The number of nitrogens with one attached hydrogen (secondary N) is 1. The van der Waals surface area contributed by atoms with Gasteiger partial charge in [-0.25, -0.2) is 9.00 Å². The van der Waals surface area contributed by atoms with Crippen molar-refractivity contribution >= 4 is 70.6 Å². The van der Waals surface area contributed by atoms with Gasteiger partial charge in [-0.3, -0.25) is 5.41 Å². The van der Waals surface area contributed by atoms with Crippen LogP contribution < -0.4 is 5.73 Å². The highest BCUT2D eigenvalue weighted by atomic mass is 79.9. The van der Waals surface area contributed by atoms with Gasteiger partial charge in [0.05, 0.1) is 29.3 Å². The predicted molar refractivity (Wildman–Crippen MR) is 129 cm³/mol. The lowest BCUT2D eigenvalue weighted by Gasteiger charge is -2.12. The zero-order chi connectivity index (χ0) is 23.7. The van der Waals surface area contributed by atoms with Gasteiger partial charge in [-0.2, -0.15) is 8.42 Å². The van der Waals surface area contributed by atoms with E-state index in [0.717, 1.165) is 17.4 Å². The highest BCUT2D eigenvalue weighted by molar-refractivity contribution is 9.10. The minimum Gasteiger partial charge on any atom is -0.478 e. The zero-order valence-electron chi connectivity index (χ0n) is 16.3. The monoisotopic (exact) mass is 573 g/mol. The normalized spacial score (nSPS) is 13.3. The maximum atomic E-state index is 14.4. The molecule has 1 unspecified atom stereocenters. The molecule has 0 amide bonds. The summed E-state index contributed by atoms with van der Waals surface area (Å²) in [6.45, 7) is 0. The fraction of sp³-hybridized carbons (Fsp3) is 0.0526. The van der Waals surface area contributed by atoms with E-state index in [1.54, 1.807) is 18.4 Å². The number of nitrogens with two attached hydrogens (primary N) is 1. The Morgan fingerprint density at radius 3 is 2.38 bits per heavy atom. The van der Waals surface area contributed by atoms with Crippen LogP contribution in [0.3, 0.4) is 0 Å². The average Bonchev–Trinajstić information content (AvgIpc) is 3.19. The average molecular weight is 575 g/mol. The third-order valence-electron chi connectivity index (χ3n) is 4.11. The van der Waals surface area contributed by atoms with Crippen molar-refractivity contribution < 1.29 is 22.5 Å². The first-order chi connectivity index (χ1) is 15.0. The van der Waals surface area contributed by atoms with Crippen LogP contribution >= 0.6 is 39.0 Å². The quantitative estimate of drug-likeness (QED) is 0.214. The molecule has 0 aliphatic rings. The lowest BCUT2D eigenvalue weighted by Crippen LogP contribution is -2.10. The Hall–Kier alpha value is -2.19. The summed E-state index contributed by atoms with van der Waals surface area (Å²) < 4.78 is 45.6. The Bertz CT molecular complexity index is 1460. The Kier molecular flexibility index (Phi) is 7.15. The van der Waals surface area contributed by atoms with E-state index in [2.05, 4.69) is 19.7 Å². The molecule has 0 bridgehead atoms. The summed E-state index contributed by atoms with van der Waals surface area (Å²) >= 11 is 5.64. The molecule has 13 heteroatoms. The molecule has 0 aliphatic carbocycles. The van der Waals surface area contributed by atoms with Gasteiger partial charge in [-0.15, -0.1) is 23.1 Å². The third kappa shape index (κ3) is 4.91. The number of aromatic carboxylic acids is 1. The summed E-state index contributed by atoms with van der Waals surface area (Å²) in [7, 11) is -8.30. The van der Waals surface area contributed by atoms with E-state index < -0.39 is 30.6 Å². The van der Waals surface area contributed by atoms with Crippen LogP contribution in [-0.4, -0.2) is 35.8 Å². The Morgan fingerprint density at radius 1 is 1.12 bits per heavy atom. The van der Waals surface area contributed by atoms with Crippen molar-refractivity contribution in [3.63, 3.8) is 0 Å². The number of thioether (sulfide) groups is 1. The highest BCUT2D eigenvalue weighted by Gasteiger charge is 2.28. The first-order valence-corrected chi connectivity index (χ1v) is 14.4. The number of rotatable bonds is 7. The van der Waals surface area contributed by atoms with Crippen molar-refractivity contribution in [2.24, 2.45) is 9.50 Å². The molecule has 0 aliphatic heterocycles. The van der Waals surface area contributed by atoms with Crippen LogP contribution in [0.15, 0.2) is 81.7 Å². The van der Waals surface area contributed by atoms with E-state index in [1.165, 1.54) is 48.2 Å². The minimum atomic E-state index is -4.54. The topological polar surface area (TPSA) is 151 Å². The molecule has 4 N–H and O–H groups in total. The second-order valence-corrected chi connectivity index (χ2v) is 13.3. The summed E-state index contributed by atoms with van der Waals surface area (Å²) in [5.41, 5.74) is 5.36. The molecule has 0 saturated carbocycles. The Balaban J connectivity index is 2.38. The van der Waals surface area contributed by atoms with E-state index in [0.29, 0.717) is 13.6 Å². The molecule has 0 radical (unpaired) electrons. The first kappa shape index (κ1) is 24.5. The Labute approximate surface area is 201 Å². The van der Waals surface area contributed by atoms with Crippen LogP contribution in [-0.2, 0) is 19.8 Å². The number of nitrogen functional groups attached to an aromatic ring is 1. The van der Waals surface area contributed by atoms with Crippen molar-refractivity contribution in [2.45, 2.75) is 18.9 Å². The SMILES string of the molecule is CSc1sc(C(=N)N)cc1S(=O)(=NS(=O)(=O)c1cccc(C(=O)O)c1)c1cccc(Br)c1. The molecule has 1 atom stereocenters. The predicted octanol–water partition coefficient (Wildman–Crippen LogP) is 4.49. The maximum Gasteiger partial charge on any atom is 0.335 e. The number of hydrogen-bond acceptors (Lipinski definition) is 7. The molecule has 8 nitrogen and oxygen atoms in total. The van der Waals surface area contributed by atoms with Gasteiger partial charge < -0.3 is 10.8 Å². The van der Waals surface area contributed by atoms with Crippen LogP contribution in [0.2, 0.25) is 0 Å². The number of hydrogen-bond donors (Lipinski definition) is 3. The molecule has 32 heavy (non-hydrogen) atoms. The molecule has 0 spiro atoms. The molecular formula is C19H16BrN3O5S4. The highest BCUT2D eigenvalue weighted by Crippen LogP contribution is 2.39. The smallest absolute Gasteiger partial charge is 0.335 e. The molecule has 0 fully saturated rings. The van der Waals surface area contributed by atoms with Crippen molar-refractivity contribution in [1.82, 2.24) is 0 Å². The summed E-state index contributed by atoms with van der Waals surface area (Å²) in [5, 5.41) is 16.9. The number of halogens is 1. The minimum absolute atomic E-state index is 0.122. The molecule has 168 valence electrons. The van der Waals surface area contributed by atoms with Crippen molar-refractivity contribution in [3.8, 4) is 0 Å². The molecule has 3 rings (SSSR count). The molecule has 2 aromatic carbocycles. The number of thiophene rings is 1. The second-order valence-electron chi connectivity index (χ2n) is 6.25. The Morgan fingerprint density at radius 2 is 1.78 bits per heavy atom. The third-order valence-corrected chi connectivity index (χ3v) is 11.5. The summed E-state index contributed by atoms with van der Waals surface area (Å²) in [6, 6.07) is 12.4. The van der Waals surface area contributed by atoms with Crippen LogP contribution in [0.1, 0.15) is 15.2 Å². The standard InChI is InChI=1S/C19H16BrN3O5S4/c1-29-19-16(10-15(30-19)17(21)22)31(26,13-6-3-5-12(20)9-13)23-32(27,28)14-7-2-4-11(8-14)18(24)25/h2-10H,1H3,(H3,21,22)(H,24,25). The number of carboxylic acids is 1. The van der Waals surface area contributed by atoms with E-state index in [4.69, 9.17) is 11.1 Å². The van der Waals surface area contributed by atoms with Gasteiger partial charge in [-0.05, 0) is 48.7 Å². The molecule has 1 aromatic heterocycles. The number of nitrogens with zero attached hydrogens (tertiary/aromatic N) is 1. The number of benzene rings is 2. The molecular weight excluding hydrogens is 558 g/mol. The van der Waals surface area contributed by atoms with Gasteiger partial charge in [0.25, 0.3) is 10.0 Å². The van der Waals surface area contributed by atoms with Crippen LogP contribution in [0.25, 0.3) is 0 Å². The molecule has 1 heterocycles. The van der Waals surface area contributed by atoms with Gasteiger partial charge >= 0.3 is 5.97 Å². The van der Waals surface area contributed by atoms with E-state index >= 15 is 0 Å². The van der Waals surface area contributed by atoms with Gasteiger partial charge in [-0.1, -0.05) is 31.8 Å². The van der Waals surface area contributed by atoms with Crippen LogP contribution in [0.5, 0.6) is 0 Å². The maximum absolute atomic E-state index is 14.4. The lowest BCUT2D eigenvalue weighted by molar-refractivity contribution is 0.0696. The number of carbonyl (C=O) groups is 1. The van der Waals surface area contributed by atoms with Crippen molar-refractivity contribution in [3.05, 3.63) is 69.5 Å². The molecule has 0 saturated heterocycles. The largest absolute Gasteiger partial charge is 0.478 e. The van der Waals surface area contributed by atoms with E-state index in [-0.39, 0.29) is 21.2 Å². The second kappa shape index (κ2) is 9.35. The van der Waals surface area contributed by atoms with Crippen LogP contribution in [0, 0.1) is 5.41 Å². The van der Waals surface area contributed by atoms with Crippen molar-refractivity contribution in [1.29, 1.82) is 5.41 Å². The summed E-state index contributed by atoms with van der Waals surface area (Å²) in [4.78, 5) is 11.5. The summed E-state index contributed by atoms with van der Waals surface area (Å²) in [5.74, 6) is -1.55.